The van der Waals surface area contributed by atoms with Crippen LogP contribution in [0.3, 0.4) is 0 Å². The number of halogens is 2. The van der Waals surface area contributed by atoms with Crippen LogP contribution in [0.4, 0.5) is 4.39 Å². The number of rotatable bonds is 5. The summed E-state index contributed by atoms with van der Waals surface area (Å²) in [7, 11) is 0. The predicted molar refractivity (Wildman–Crippen MR) is 141 cm³/mol. The molecule has 0 radical (unpaired) electrons. The Morgan fingerprint density at radius 1 is 1.11 bits per heavy atom. The first kappa shape index (κ1) is 25.4. The van der Waals surface area contributed by atoms with Crippen molar-refractivity contribution in [2.24, 2.45) is 0 Å². The van der Waals surface area contributed by atoms with Crippen LogP contribution in [0.15, 0.2) is 60.4 Å². The van der Waals surface area contributed by atoms with Crippen molar-refractivity contribution < 1.29 is 9.50 Å². The summed E-state index contributed by atoms with van der Waals surface area (Å²) in [6, 6.07) is 16.9. The highest BCUT2D eigenvalue weighted by molar-refractivity contribution is 5.85. The lowest BCUT2D eigenvalue weighted by atomic mass is 9.95. The lowest BCUT2D eigenvalue weighted by molar-refractivity contribution is 0.259. The fraction of sp³-hybridized carbons (Fsp3) is 0.250. The summed E-state index contributed by atoms with van der Waals surface area (Å²) in [4.78, 5) is 10.9. The van der Waals surface area contributed by atoms with Gasteiger partial charge in [-0.05, 0) is 55.0 Å². The second kappa shape index (κ2) is 10.9. The van der Waals surface area contributed by atoms with Gasteiger partial charge in [0, 0.05) is 30.9 Å². The maximum absolute atomic E-state index is 13.4. The summed E-state index contributed by atoms with van der Waals surface area (Å²) in [5.74, 6) is -0.121. The SMILES string of the molecule is Cc1nc2c(C#N)ncn2c(O)c1CCN1CCC(=Cc2ccccc2-c2ccc(F)cc2)CC1.Cl. The number of nitrogens with zero attached hydrogens (tertiary/aromatic N) is 5. The topological polar surface area (TPSA) is 77.5 Å². The average molecular weight is 504 g/mol. The molecule has 4 aromatic rings. The van der Waals surface area contributed by atoms with Crippen molar-refractivity contribution in [2.75, 3.05) is 19.6 Å². The molecule has 8 heteroatoms. The maximum Gasteiger partial charge on any atom is 0.203 e. The highest BCUT2D eigenvalue weighted by Crippen LogP contribution is 2.29. The fourth-order valence-electron chi connectivity index (χ4n) is 4.72. The summed E-state index contributed by atoms with van der Waals surface area (Å²) >= 11 is 0. The molecule has 0 spiro atoms. The van der Waals surface area contributed by atoms with Crippen molar-refractivity contribution in [3.05, 3.63) is 88.8 Å². The van der Waals surface area contributed by atoms with Gasteiger partial charge in [0.05, 0.1) is 0 Å². The van der Waals surface area contributed by atoms with E-state index in [1.807, 2.05) is 37.3 Å². The van der Waals surface area contributed by atoms with Gasteiger partial charge in [-0.1, -0.05) is 48.0 Å². The van der Waals surface area contributed by atoms with Crippen LogP contribution in [0.1, 0.15) is 35.4 Å². The van der Waals surface area contributed by atoms with Crippen molar-refractivity contribution >= 4 is 24.1 Å². The fourth-order valence-corrected chi connectivity index (χ4v) is 4.72. The number of aromatic nitrogens is 3. The molecule has 36 heavy (non-hydrogen) atoms. The van der Waals surface area contributed by atoms with Crippen molar-refractivity contribution in [1.29, 1.82) is 5.26 Å². The lowest BCUT2D eigenvalue weighted by Gasteiger charge is -2.28. The van der Waals surface area contributed by atoms with Crippen LogP contribution in [0.2, 0.25) is 0 Å². The van der Waals surface area contributed by atoms with Gasteiger partial charge in [0.25, 0.3) is 0 Å². The van der Waals surface area contributed by atoms with E-state index in [1.165, 1.54) is 28.4 Å². The zero-order valence-corrected chi connectivity index (χ0v) is 20.8. The van der Waals surface area contributed by atoms with E-state index in [4.69, 9.17) is 0 Å². The number of benzene rings is 2. The Kier molecular flexibility index (Phi) is 7.68. The zero-order valence-electron chi connectivity index (χ0n) is 20.0. The van der Waals surface area contributed by atoms with Gasteiger partial charge in [0.2, 0.25) is 5.88 Å². The van der Waals surface area contributed by atoms with E-state index in [1.54, 1.807) is 0 Å². The number of piperidine rings is 1. The van der Waals surface area contributed by atoms with Crippen molar-refractivity contribution in [1.82, 2.24) is 19.3 Å². The molecule has 1 aliphatic rings. The van der Waals surface area contributed by atoms with E-state index < -0.39 is 0 Å². The summed E-state index contributed by atoms with van der Waals surface area (Å²) in [6.07, 6.45) is 6.35. The molecular weight excluding hydrogens is 477 g/mol. The van der Waals surface area contributed by atoms with Crippen LogP contribution in [0.25, 0.3) is 22.9 Å². The zero-order chi connectivity index (χ0) is 24.4. The van der Waals surface area contributed by atoms with E-state index >= 15 is 0 Å². The molecule has 2 aromatic carbocycles. The summed E-state index contributed by atoms with van der Waals surface area (Å²) in [5.41, 5.74) is 6.79. The summed E-state index contributed by atoms with van der Waals surface area (Å²) in [5, 5.41) is 19.9. The first-order chi connectivity index (χ1) is 17.0. The Bertz CT molecular complexity index is 1450. The minimum Gasteiger partial charge on any atom is -0.494 e. The molecule has 0 bridgehead atoms. The maximum atomic E-state index is 13.4. The van der Waals surface area contributed by atoms with Crippen molar-refractivity contribution in [3.8, 4) is 23.1 Å². The molecule has 5 rings (SSSR count). The standard InChI is InChI=1S/C28H26FN5O.ClH/c1-19-24(28(35)34-18-31-26(17-30)27(34)32-19)12-15-33-13-10-20(11-14-33)16-22-4-2-3-5-25(22)21-6-8-23(29)9-7-21;/h2-9,16,18,35H,10-15H2,1H3;1H. The molecule has 2 aromatic heterocycles. The molecular formula is C28H27ClFN5O. The van der Waals surface area contributed by atoms with Crippen LogP contribution in [-0.2, 0) is 6.42 Å². The molecule has 6 nitrogen and oxygen atoms in total. The highest BCUT2D eigenvalue weighted by Gasteiger charge is 2.19. The van der Waals surface area contributed by atoms with Gasteiger partial charge in [-0.15, -0.1) is 12.4 Å². The van der Waals surface area contributed by atoms with E-state index in [2.05, 4.69) is 33.1 Å². The molecule has 1 saturated heterocycles. The Balaban J connectivity index is 0.00000304. The van der Waals surface area contributed by atoms with Crippen molar-refractivity contribution in [3.63, 3.8) is 0 Å². The Labute approximate surface area is 215 Å². The minimum atomic E-state index is -0.229. The van der Waals surface area contributed by atoms with Gasteiger partial charge in [0.1, 0.15) is 18.2 Å². The predicted octanol–water partition coefficient (Wildman–Crippen LogP) is 5.56. The van der Waals surface area contributed by atoms with E-state index in [9.17, 15) is 14.8 Å². The molecule has 0 saturated carbocycles. The van der Waals surface area contributed by atoms with Crippen LogP contribution in [0.5, 0.6) is 5.88 Å². The van der Waals surface area contributed by atoms with Gasteiger partial charge in [-0.2, -0.15) is 5.26 Å². The Morgan fingerprint density at radius 2 is 1.83 bits per heavy atom. The molecule has 3 heterocycles. The number of hydrogen-bond donors (Lipinski definition) is 1. The van der Waals surface area contributed by atoms with E-state index in [-0.39, 0.29) is 29.8 Å². The highest BCUT2D eigenvalue weighted by atomic mass is 35.5. The molecule has 0 unspecified atom stereocenters. The third kappa shape index (κ3) is 5.11. The van der Waals surface area contributed by atoms with Crippen LogP contribution in [-0.4, -0.2) is 44.0 Å². The number of aryl methyl sites for hydroxylation is 1. The van der Waals surface area contributed by atoms with Gasteiger partial charge >= 0.3 is 0 Å². The number of aromatic hydroxyl groups is 1. The summed E-state index contributed by atoms with van der Waals surface area (Å²) in [6.45, 7) is 4.58. The summed E-state index contributed by atoms with van der Waals surface area (Å²) < 4.78 is 14.8. The second-order valence-corrected chi connectivity index (χ2v) is 8.89. The Hall–Kier alpha value is -3.73. The first-order valence-electron chi connectivity index (χ1n) is 11.8. The molecule has 1 aliphatic heterocycles. The van der Waals surface area contributed by atoms with Crippen LogP contribution >= 0.6 is 12.4 Å². The van der Waals surface area contributed by atoms with E-state index in [0.717, 1.165) is 60.4 Å². The van der Waals surface area contributed by atoms with Crippen LogP contribution in [0, 0.1) is 24.1 Å². The third-order valence-corrected chi connectivity index (χ3v) is 6.71. The monoisotopic (exact) mass is 503 g/mol. The van der Waals surface area contributed by atoms with Gasteiger partial charge in [-0.25, -0.2) is 14.4 Å². The van der Waals surface area contributed by atoms with E-state index in [0.29, 0.717) is 12.1 Å². The molecule has 1 N–H and O–H groups in total. The number of fused-ring (bicyclic) bond motifs is 1. The first-order valence-corrected chi connectivity index (χ1v) is 11.8. The molecule has 0 aliphatic carbocycles. The largest absolute Gasteiger partial charge is 0.494 e. The van der Waals surface area contributed by atoms with Gasteiger partial charge < -0.3 is 10.0 Å². The normalized spacial score (nSPS) is 13.9. The number of likely N-dealkylation sites (tertiary alicyclic amines) is 1. The average Bonchev–Trinajstić information content (AvgIpc) is 3.29. The smallest absolute Gasteiger partial charge is 0.203 e. The number of imidazole rings is 1. The molecule has 1 fully saturated rings. The second-order valence-electron chi connectivity index (χ2n) is 8.89. The third-order valence-electron chi connectivity index (χ3n) is 6.71. The quantitative estimate of drug-likeness (QED) is 0.385. The molecule has 0 amide bonds. The molecule has 184 valence electrons. The number of nitriles is 1. The van der Waals surface area contributed by atoms with Crippen LogP contribution < -0.4 is 0 Å². The van der Waals surface area contributed by atoms with Crippen molar-refractivity contribution in [2.45, 2.75) is 26.2 Å². The van der Waals surface area contributed by atoms with Gasteiger partial charge in [0.15, 0.2) is 11.3 Å². The van der Waals surface area contributed by atoms with Gasteiger partial charge in [-0.3, -0.25) is 4.40 Å². The Morgan fingerprint density at radius 3 is 2.56 bits per heavy atom. The molecule has 0 atom stereocenters. The minimum absolute atomic E-state index is 0. The number of hydrogen-bond acceptors (Lipinski definition) is 5. The lowest BCUT2D eigenvalue weighted by Crippen LogP contribution is -2.32.